The van der Waals surface area contributed by atoms with Crippen LogP contribution in [-0.4, -0.2) is 46.1 Å². The van der Waals surface area contributed by atoms with Crippen molar-refractivity contribution < 1.29 is 14.4 Å². The zero-order valence-corrected chi connectivity index (χ0v) is 17.9. The van der Waals surface area contributed by atoms with Crippen LogP contribution in [0.1, 0.15) is 35.2 Å². The van der Waals surface area contributed by atoms with E-state index >= 15 is 0 Å². The summed E-state index contributed by atoms with van der Waals surface area (Å²) in [6, 6.07) is 16.4. The van der Waals surface area contributed by atoms with Gasteiger partial charge in [-0.15, -0.1) is 0 Å². The number of benzene rings is 2. The van der Waals surface area contributed by atoms with Gasteiger partial charge < -0.3 is 15.5 Å². The summed E-state index contributed by atoms with van der Waals surface area (Å²) < 4.78 is 0. The van der Waals surface area contributed by atoms with Crippen molar-refractivity contribution in [3.8, 4) is 0 Å². The van der Waals surface area contributed by atoms with E-state index in [9.17, 15) is 14.4 Å². The van der Waals surface area contributed by atoms with Gasteiger partial charge in [0.1, 0.15) is 5.25 Å². The fraction of sp³-hybridized carbons (Fsp3) is 0.304. The highest BCUT2D eigenvalue weighted by Gasteiger charge is 2.33. The predicted octanol–water partition coefficient (Wildman–Crippen LogP) is 3.04. The number of nitrogens with zero attached hydrogens (tertiary/aromatic N) is 2. The second-order valence-corrected chi connectivity index (χ2v) is 8.70. The molecule has 0 spiro atoms. The molecule has 0 bridgehead atoms. The first kappa shape index (κ1) is 21.1. The van der Waals surface area contributed by atoms with Crippen LogP contribution >= 0.6 is 11.8 Å². The van der Waals surface area contributed by atoms with Crippen molar-refractivity contribution in [3.05, 3.63) is 65.7 Å². The Kier molecular flexibility index (Phi) is 6.66. The van der Waals surface area contributed by atoms with Crippen LogP contribution in [0.5, 0.6) is 0 Å². The lowest BCUT2D eigenvalue weighted by molar-refractivity contribution is -0.121. The number of amidine groups is 1. The molecule has 2 aliphatic heterocycles. The first-order valence-electron chi connectivity index (χ1n) is 10.3. The quantitative estimate of drug-likeness (QED) is 0.726. The summed E-state index contributed by atoms with van der Waals surface area (Å²) in [6.45, 7) is 2.29. The summed E-state index contributed by atoms with van der Waals surface area (Å²) in [5.74, 6) is -0.668. The molecule has 160 valence electrons. The molecule has 2 heterocycles. The predicted molar refractivity (Wildman–Crippen MR) is 122 cm³/mol. The minimum absolute atomic E-state index is 0.0731. The summed E-state index contributed by atoms with van der Waals surface area (Å²) in [4.78, 5) is 43.1. The Hall–Kier alpha value is -3.13. The molecule has 7 nitrogen and oxygen atoms in total. The first-order chi connectivity index (χ1) is 15.1. The second kappa shape index (κ2) is 9.78. The van der Waals surface area contributed by atoms with Crippen LogP contribution in [0.3, 0.4) is 0 Å². The smallest absolute Gasteiger partial charge is 0.262 e. The van der Waals surface area contributed by atoms with E-state index in [1.54, 1.807) is 24.3 Å². The van der Waals surface area contributed by atoms with E-state index in [-0.39, 0.29) is 24.1 Å². The van der Waals surface area contributed by atoms with Gasteiger partial charge in [0.15, 0.2) is 5.17 Å². The van der Waals surface area contributed by atoms with E-state index in [0.29, 0.717) is 17.8 Å². The average molecular weight is 437 g/mol. The zero-order valence-electron chi connectivity index (χ0n) is 17.0. The van der Waals surface area contributed by atoms with Crippen LogP contribution < -0.4 is 10.6 Å². The maximum atomic E-state index is 12.4. The Labute approximate surface area is 185 Å². The van der Waals surface area contributed by atoms with Gasteiger partial charge in [-0.2, -0.15) is 4.99 Å². The molecule has 2 aliphatic rings. The minimum atomic E-state index is -0.473. The van der Waals surface area contributed by atoms with Crippen LogP contribution in [0.15, 0.2) is 59.6 Å². The zero-order chi connectivity index (χ0) is 21.6. The van der Waals surface area contributed by atoms with Gasteiger partial charge in [-0.25, -0.2) is 0 Å². The molecule has 31 heavy (non-hydrogen) atoms. The van der Waals surface area contributed by atoms with Crippen LogP contribution in [0.2, 0.25) is 0 Å². The van der Waals surface area contributed by atoms with Crippen LogP contribution in [0, 0.1) is 0 Å². The van der Waals surface area contributed by atoms with Crippen LogP contribution in [0.25, 0.3) is 0 Å². The lowest BCUT2D eigenvalue weighted by atomic mass is 10.1. The molecule has 0 aromatic heterocycles. The van der Waals surface area contributed by atoms with Gasteiger partial charge in [-0.1, -0.05) is 42.1 Å². The molecular weight excluding hydrogens is 412 g/mol. The Bertz CT molecular complexity index is 986. The normalized spacial score (nSPS) is 18.1. The third kappa shape index (κ3) is 5.52. The molecule has 2 aromatic rings. The summed E-state index contributed by atoms with van der Waals surface area (Å²) >= 11 is 1.38. The number of anilines is 1. The van der Waals surface area contributed by atoms with Gasteiger partial charge in [0, 0.05) is 37.3 Å². The number of likely N-dealkylation sites (tertiary alicyclic amines) is 1. The Balaban J connectivity index is 1.25. The maximum absolute atomic E-state index is 12.4. The van der Waals surface area contributed by atoms with E-state index in [4.69, 9.17) is 0 Å². The molecule has 1 unspecified atom stereocenters. The van der Waals surface area contributed by atoms with Gasteiger partial charge in [0.05, 0.1) is 0 Å². The largest absolute Gasteiger partial charge is 0.351 e. The Morgan fingerprint density at radius 1 is 1.03 bits per heavy atom. The van der Waals surface area contributed by atoms with Gasteiger partial charge in [0.25, 0.3) is 11.8 Å². The van der Waals surface area contributed by atoms with Crippen molar-refractivity contribution in [2.24, 2.45) is 4.99 Å². The highest BCUT2D eigenvalue weighted by Crippen LogP contribution is 2.29. The average Bonchev–Trinajstić information content (AvgIpc) is 3.44. The topological polar surface area (TPSA) is 90.9 Å². The summed E-state index contributed by atoms with van der Waals surface area (Å²) in [5.41, 5.74) is 2.12. The SMILES string of the molecule is O=C(CC1SC(N2CCCC2)=NC1=O)Nc1ccc(C(=O)NCc2ccccc2)cc1. The number of aliphatic imine (C=N–C) groups is 1. The number of hydrogen-bond acceptors (Lipinski definition) is 5. The monoisotopic (exact) mass is 436 g/mol. The lowest BCUT2D eigenvalue weighted by Crippen LogP contribution is -2.25. The molecule has 1 fully saturated rings. The fourth-order valence-electron chi connectivity index (χ4n) is 3.52. The molecule has 0 aliphatic carbocycles. The van der Waals surface area contributed by atoms with Crippen molar-refractivity contribution in [1.29, 1.82) is 0 Å². The number of thioether (sulfide) groups is 1. The molecule has 0 radical (unpaired) electrons. The van der Waals surface area contributed by atoms with Gasteiger partial charge in [-0.05, 0) is 42.7 Å². The summed E-state index contributed by atoms with van der Waals surface area (Å²) in [6.07, 6.45) is 2.29. The van der Waals surface area contributed by atoms with Gasteiger partial charge in [0.2, 0.25) is 5.91 Å². The molecule has 1 saturated heterocycles. The van der Waals surface area contributed by atoms with Crippen LogP contribution in [0.4, 0.5) is 5.69 Å². The van der Waals surface area contributed by atoms with Crippen molar-refractivity contribution in [2.75, 3.05) is 18.4 Å². The van der Waals surface area contributed by atoms with Crippen LogP contribution in [-0.2, 0) is 16.1 Å². The minimum Gasteiger partial charge on any atom is -0.351 e. The van der Waals surface area contributed by atoms with E-state index < -0.39 is 5.25 Å². The van der Waals surface area contributed by atoms with Crippen molar-refractivity contribution >= 4 is 40.3 Å². The fourth-order valence-corrected chi connectivity index (χ4v) is 4.64. The third-order valence-electron chi connectivity index (χ3n) is 5.20. The molecule has 4 rings (SSSR count). The molecule has 3 amide bonds. The standard InChI is InChI=1S/C23H24N4O3S/c28-20(14-19-22(30)26-23(31-19)27-12-4-5-13-27)25-18-10-8-17(9-11-18)21(29)24-15-16-6-2-1-3-7-16/h1-3,6-11,19H,4-5,12-15H2,(H,24,29)(H,25,28). The van der Waals surface area contributed by atoms with Gasteiger partial charge in [-0.3, -0.25) is 14.4 Å². The molecular formula is C23H24N4O3S. The number of carbonyl (C=O) groups is 3. The van der Waals surface area contributed by atoms with E-state index in [1.807, 2.05) is 30.3 Å². The summed E-state index contributed by atoms with van der Waals surface area (Å²) in [5, 5.41) is 5.94. The van der Waals surface area contributed by atoms with Gasteiger partial charge >= 0.3 is 0 Å². The number of carbonyl (C=O) groups excluding carboxylic acids is 3. The number of nitrogens with one attached hydrogen (secondary N) is 2. The van der Waals surface area contributed by atoms with E-state index in [2.05, 4.69) is 20.5 Å². The molecule has 8 heteroatoms. The van der Waals surface area contributed by atoms with Crippen molar-refractivity contribution in [1.82, 2.24) is 10.2 Å². The second-order valence-electron chi connectivity index (χ2n) is 7.53. The number of hydrogen-bond donors (Lipinski definition) is 2. The lowest BCUT2D eigenvalue weighted by Gasteiger charge is -2.16. The van der Waals surface area contributed by atoms with Crippen molar-refractivity contribution in [3.63, 3.8) is 0 Å². The highest BCUT2D eigenvalue weighted by molar-refractivity contribution is 8.15. The molecule has 2 N–H and O–H groups in total. The first-order valence-corrected chi connectivity index (χ1v) is 11.2. The summed E-state index contributed by atoms with van der Waals surface area (Å²) in [7, 11) is 0. The molecule has 2 aromatic carbocycles. The number of amides is 3. The van der Waals surface area contributed by atoms with E-state index in [0.717, 1.165) is 36.7 Å². The third-order valence-corrected chi connectivity index (χ3v) is 6.42. The Morgan fingerprint density at radius 2 is 1.74 bits per heavy atom. The maximum Gasteiger partial charge on any atom is 0.262 e. The molecule has 1 atom stereocenters. The van der Waals surface area contributed by atoms with E-state index in [1.165, 1.54) is 11.8 Å². The molecule has 0 saturated carbocycles. The van der Waals surface area contributed by atoms with Crippen molar-refractivity contribution in [2.45, 2.75) is 31.1 Å². The Morgan fingerprint density at radius 3 is 2.45 bits per heavy atom. The highest BCUT2D eigenvalue weighted by atomic mass is 32.2. The number of rotatable bonds is 6.